The van der Waals surface area contributed by atoms with Crippen LogP contribution in [0.1, 0.15) is 6.92 Å². The summed E-state index contributed by atoms with van der Waals surface area (Å²) in [6, 6.07) is 18.4. The van der Waals surface area contributed by atoms with Crippen LogP contribution in [0, 0.1) is 0 Å². The van der Waals surface area contributed by atoms with Crippen LogP contribution in [0.2, 0.25) is 5.02 Å². The molecule has 2 aromatic carbocycles. The van der Waals surface area contributed by atoms with E-state index in [-0.39, 0.29) is 5.91 Å². The molecule has 1 amide bonds. The molecule has 7 heteroatoms. The molecule has 0 aliphatic rings. The van der Waals surface area contributed by atoms with Crippen LogP contribution in [0.4, 0.5) is 5.69 Å². The Bertz CT molecular complexity index is 1150. The van der Waals surface area contributed by atoms with E-state index in [1.807, 2.05) is 41.8 Å². The van der Waals surface area contributed by atoms with Crippen LogP contribution in [-0.2, 0) is 4.79 Å². The van der Waals surface area contributed by atoms with Crippen LogP contribution in [0.5, 0.6) is 5.75 Å². The van der Waals surface area contributed by atoms with Gasteiger partial charge >= 0.3 is 0 Å². The van der Waals surface area contributed by atoms with Crippen molar-refractivity contribution in [2.45, 2.75) is 13.0 Å². The molecule has 30 heavy (non-hydrogen) atoms. The minimum absolute atomic E-state index is 0.238. The van der Waals surface area contributed by atoms with Crippen molar-refractivity contribution in [1.82, 2.24) is 9.97 Å². The summed E-state index contributed by atoms with van der Waals surface area (Å²) < 4.78 is 5.68. The van der Waals surface area contributed by atoms with E-state index in [1.54, 1.807) is 54.9 Å². The standard InChI is InChI=1S/C23H18ClN3O2S/c1-15(29-20-7-5-18(24)6-8-20)22(28)26-19-4-2-3-17(13-19)21-14-30-23(27-21)16-9-11-25-12-10-16/h2-15H,1H3,(H,26,28). The molecule has 5 nitrogen and oxygen atoms in total. The first-order valence-electron chi connectivity index (χ1n) is 9.28. The lowest BCUT2D eigenvalue weighted by atomic mass is 10.1. The van der Waals surface area contributed by atoms with Gasteiger partial charge in [0.2, 0.25) is 0 Å². The second kappa shape index (κ2) is 9.07. The minimum Gasteiger partial charge on any atom is -0.481 e. The molecular weight excluding hydrogens is 418 g/mol. The van der Waals surface area contributed by atoms with Gasteiger partial charge in [-0.05, 0) is 55.5 Å². The van der Waals surface area contributed by atoms with Crippen molar-refractivity contribution in [2.24, 2.45) is 0 Å². The fourth-order valence-electron chi connectivity index (χ4n) is 2.80. The average Bonchev–Trinajstić information content (AvgIpc) is 3.26. The highest BCUT2D eigenvalue weighted by Gasteiger charge is 2.15. The summed E-state index contributed by atoms with van der Waals surface area (Å²) in [6.07, 6.45) is 2.84. The van der Waals surface area contributed by atoms with E-state index in [0.717, 1.165) is 21.8 Å². The highest BCUT2D eigenvalue weighted by Crippen LogP contribution is 2.29. The van der Waals surface area contributed by atoms with Crippen LogP contribution >= 0.6 is 22.9 Å². The largest absolute Gasteiger partial charge is 0.481 e. The van der Waals surface area contributed by atoms with Crippen LogP contribution in [0.3, 0.4) is 0 Å². The van der Waals surface area contributed by atoms with Crippen molar-refractivity contribution in [3.8, 4) is 27.6 Å². The average molecular weight is 436 g/mol. The zero-order chi connectivity index (χ0) is 20.9. The third-order valence-electron chi connectivity index (χ3n) is 4.35. The van der Waals surface area contributed by atoms with E-state index in [2.05, 4.69) is 10.3 Å². The van der Waals surface area contributed by atoms with Gasteiger partial charge in [-0.25, -0.2) is 4.98 Å². The Hall–Kier alpha value is -3.22. The van der Waals surface area contributed by atoms with Gasteiger partial charge in [0.15, 0.2) is 6.10 Å². The molecule has 150 valence electrons. The smallest absolute Gasteiger partial charge is 0.265 e. The third kappa shape index (κ3) is 4.84. The van der Waals surface area contributed by atoms with Gasteiger partial charge in [0.25, 0.3) is 5.91 Å². The summed E-state index contributed by atoms with van der Waals surface area (Å²) >= 11 is 7.45. The van der Waals surface area contributed by atoms with Crippen LogP contribution in [-0.4, -0.2) is 22.0 Å². The molecule has 0 spiro atoms. The second-order valence-corrected chi connectivity index (χ2v) is 7.85. The van der Waals surface area contributed by atoms with E-state index in [1.165, 1.54) is 0 Å². The molecule has 2 aromatic heterocycles. The Labute approximate surface area is 183 Å². The SMILES string of the molecule is CC(Oc1ccc(Cl)cc1)C(=O)Nc1cccc(-c2csc(-c3ccncc3)n2)c1. The number of thiazole rings is 1. The zero-order valence-corrected chi connectivity index (χ0v) is 17.7. The number of nitrogens with one attached hydrogen (secondary N) is 1. The summed E-state index contributed by atoms with van der Waals surface area (Å²) in [5, 5.41) is 6.44. The van der Waals surface area contributed by atoms with Gasteiger partial charge in [0.05, 0.1) is 5.69 Å². The molecule has 0 radical (unpaired) electrons. The number of ether oxygens (including phenoxy) is 1. The Balaban J connectivity index is 1.45. The van der Waals surface area contributed by atoms with Gasteiger partial charge in [0, 0.05) is 39.6 Å². The number of carbonyl (C=O) groups excluding carboxylic acids is 1. The van der Waals surface area contributed by atoms with Crippen LogP contribution in [0.25, 0.3) is 21.8 Å². The van der Waals surface area contributed by atoms with Crippen LogP contribution < -0.4 is 10.1 Å². The van der Waals surface area contributed by atoms with E-state index in [9.17, 15) is 4.79 Å². The molecule has 0 bridgehead atoms. The molecule has 0 saturated carbocycles. The monoisotopic (exact) mass is 435 g/mol. The minimum atomic E-state index is -0.660. The number of nitrogens with zero attached hydrogens (tertiary/aromatic N) is 2. The van der Waals surface area contributed by atoms with E-state index < -0.39 is 6.10 Å². The lowest BCUT2D eigenvalue weighted by Gasteiger charge is -2.15. The summed E-state index contributed by atoms with van der Waals surface area (Å²) in [6.45, 7) is 1.70. The first-order valence-corrected chi connectivity index (χ1v) is 10.5. The Morgan fingerprint density at radius 3 is 2.60 bits per heavy atom. The van der Waals surface area contributed by atoms with E-state index >= 15 is 0 Å². The third-order valence-corrected chi connectivity index (χ3v) is 5.50. The summed E-state index contributed by atoms with van der Waals surface area (Å²) in [5.41, 5.74) is 3.49. The maximum atomic E-state index is 12.5. The lowest BCUT2D eigenvalue weighted by molar-refractivity contribution is -0.122. The second-order valence-electron chi connectivity index (χ2n) is 6.56. The lowest BCUT2D eigenvalue weighted by Crippen LogP contribution is -2.30. The van der Waals surface area contributed by atoms with Gasteiger partial charge < -0.3 is 10.1 Å². The van der Waals surface area contributed by atoms with Gasteiger partial charge in [-0.15, -0.1) is 11.3 Å². The Morgan fingerprint density at radius 1 is 1.07 bits per heavy atom. The number of amides is 1. The zero-order valence-electron chi connectivity index (χ0n) is 16.1. The highest BCUT2D eigenvalue weighted by atomic mass is 35.5. The fourth-order valence-corrected chi connectivity index (χ4v) is 3.77. The molecule has 1 atom stereocenters. The molecule has 1 N–H and O–H groups in total. The maximum Gasteiger partial charge on any atom is 0.265 e. The normalized spacial score (nSPS) is 11.7. The van der Waals surface area contributed by atoms with Gasteiger partial charge in [0.1, 0.15) is 10.8 Å². The van der Waals surface area contributed by atoms with E-state index in [0.29, 0.717) is 16.5 Å². The molecule has 4 rings (SSSR count). The molecular formula is C23H18ClN3O2S. The Kier molecular flexibility index (Phi) is 6.07. The van der Waals surface area contributed by atoms with E-state index in [4.69, 9.17) is 21.3 Å². The number of hydrogen-bond acceptors (Lipinski definition) is 5. The quantitative estimate of drug-likeness (QED) is 0.407. The van der Waals surface area contributed by atoms with Gasteiger partial charge in [-0.1, -0.05) is 23.7 Å². The number of rotatable bonds is 6. The fraction of sp³-hybridized carbons (Fsp3) is 0.0870. The van der Waals surface area contributed by atoms with Crippen molar-refractivity contribution in [1.29, 1.82) is 0 Å². The molecule has 0 aliphatic heterocycles. The van der Waals surface area contributed by atoms with Crippen molar-refractivity contribution < 1.29 is 9.53 Å². The number of anilines is 1. The first kappa shape index (κ1) is 20.1. The molecule has 0 aliphatic carbocycles. The predicted molar refractivity (Wildman–Crippen MR) is 121 cm³/mol. The number of carbonyl (C=O) groups is 1. The molecule has 2 heterocycles. The number of aromatic nitrogens is 2. The Morgan fingerprint density at radius 2 is 1.83 bits per heavy atom. The molecule has 0 fully saturated rings. The topological polar surface area (TPSA) is 64.1 Å². The molecule has 0 saturated heterocycles. The van der Waals surface area contributed by atoms with Crippen molar-refractivity contribution in [2.75, 3.05) is 5.32 Å². The predicted octanol–water partition coefficient (Wildman–Crippen LogP) is 5.93. The summed E-state index contributed by atoms with van der Waals surface area (Å²) in [4.78, 5) is 21.3. The molecule has 1 unspecified atom stereocenters. The number of benzene rings is 2. The number of pyridine rings is 1. The number of halogens is 1. The first-order chi connectivity index (χ1) is 14.6. The summed E-state index contributed by atoms with van der Waals surface area (Å²) in [5.74, 6) is 0.347. The molecule has 4 aromatic rings. The van der Waals surface area contributed by atoms with Crippen molar-refractivity contribution in [3.05, 3.63) is 83.5 Å². The van der Waals surface area contributed by atoms with Gasteiger partial charge in [-0.3, -0.25) is 9.78 Å². The number of hydrogen-bond donors (Lipinski definition) is 1. The summed E-state index contributed by atoms with van der Waals surface area (Å²) in [7, 11) is 0. The highest BCUT2D eigenvalue weighted by molar-refractivity contribution is 7.13. The van der Waals surface area contributed by atoms with Gasteiger partial charge in [-0.2, -0.15) is 0 Å². The van der Waals surface area contributed by atoms with Crippen LogP contribution in [0.15, 0.2) is 78.4 Å². The van der Waals surface area contributed by atoms with Crippen molar-refractivity contribution >= 4 is 34.5 Å². The van der Waals surface area contributed by atoms with Crippen molar-refractivity contribution in [3.63, 3.8) is 0 Å². The maximum absolute atomic E-state index is 12.5.